The minimum absolute atomic E-state index is 0.0840. The summed E-state index contributed by atoms with van der Waals surface area (Å²) in [6, 6.07) is 11.1. The van der Waals surface area contributed by atoms with E-state index in [0.29, 0.717) is 0 Å². The van der Waals surface area contributed by atoms with Crippen LogP contribution in [-0.4, -0.2) is 20.9 Å². The summed E-state index contributed by atoms with van der Waals surface area (Å²) < 4.78 is 0. The Bertz CT molecular complexity index is 749. The summed E-state index contributed by atoms with van der Waals surface area (Å²) >= 11 is 0. The second kappa shape index (κ2) is 5.13. The summed E-state index contributed by atoms with van der Waals surface area (Å²) in [5, 5.41) is 2.87. The van der Waals surface area contributed by atoms with Crippen LogP contribution in [0.15, 0.2) is 42.6 Å². The molecule has 0 radical (unpaired) electrons. The molecule has 0 aliphatic rings. The molecular formula is C15H14N4O. The molecule has 0 atom stereocenters. The monoisotopic (exact) mass is 266 g/mol. The van der Waals surface area contributed by atoms with Gasteiger partial charge in [0.15, 0.2) is 0 Å². The Morgan fingerprint density at radius 3 is 3.00 bits per heavy atom. The Labute approximate surface area is 116 Å². The fourth-order valence-electron chi connectivity index (χ4n) is 2.09. The van der Waals surface area contributed by atoms with E-state index < -0.39 is 0 Å². The van der Waals surface area contributed by atoms with Crippen LogP contribution in [0.2, 0.25) is 0 Å². The number of carbonyl (C=O) groups excluding carboxylic acids is 1. The minimum atomic E-state index is -0.0840. The zero-order valence-corrected chi connectivity index (χ0v) is 11.1. The average Bonchev–Trinajstić information content (AvgIpc) is 2.79. The molecule has 0 aliphatic heterocycles. The van der Waals surface area contributed by atoms with Crippen molar-refractivity contribution in [1.82, 2.24) is 15.0 Å². The zero-order valence-electron chi connectivity index (χ0n) is 11.1. The van der Waals surface area contributed by atoms with Crippen LogP contribution < -0.4 is 5.32 Å². The first-order valence-electron chi connectivity index (χ1n) is 6.37. The second-order valence-corrected chi connectivity index (χ2v) is 4.60. The highest BCUT2D eigenvalue weighted by molar-refractivity contribution is 5.94. The van der Waals surface area contributed by atoms with Crippen molar-refractivity contribution in [2.24, 2.45) is 0 Å². The first-order chi connectivity index (χ1) is 9.70. The smallest absolute Gasteiger partial charge is 0.230 e. The number of aryl methyl sites for hydroxylation is 1. The van der Waals surface area contributed by atoms with Crippen molar-refractivity contribution in [2.75, 3.05) is 5.32 Å². The van der Waals surface area contributed by atoms with Gasteiger partial charge in [-0.1, -0.05) is 6.07 Å². The molecular weight excluding hydrogens is 252 g/mol. The maximum absolute atomic E-state index is 11.9. The molecule has 5 heteroatoms. The van der Waals surface area contributed by atoms with E-state index in [4.69, 9.17) is 0 Å². The molecule has 100 valence electrons. The molecule has 3 rings (SSSR count). The summed E-state index contributed by atoms with van der Waals surface area (Å²) in [6.45, 7) is 1.90. The molecule has 2 heterocycles. The van der Waals surface area contributed by atoms with Gasteiger partial charge in [-0.3, -0.25) is 9.78 Å². The molecule has 2 N–H and O–H groups in total. The lowest BCUT2D eigenvalue weighted by Gasteiger charge is -2.04. The summed E-state index contributed by atoms with van der Waals surface area (Å²) in [6.07, 6.45) is 1.95. The summed E-state index contributed by atoms with van der Waals surface area (Å²) in [5.74, 6) is 0.774. The molecule has 5 nitrogen and oxygen atoms in total. The van der Waals surface area contributed by atoms with Gasteiger partial charge in [-0.2, -0.15) is 0 Å². The van der Waals surface area contributed by atoms with Gasteiger partial charge in [-0.05, 0) is 37.3 Å². The lowest BCUT2D eigenvalue weighted by Crippen LogP contribution is -2.14. The lowest BCUT2D eigenvalue weighted by molar-refractivity contribution is -0.115. The number of imidazole rings is 1. The van der Waals surface area contributed by atoms with E-state index in [2.05, 4.69) is 20.3 Å². The predicted molar refractivity (Wildman–Crippen MR) is 77.4 cm³/mol. The third kappa shape index (κ3) is 2.66. The number of benzene rings is 1. The number of fused-ring (bicyclic) bond motifs is 1. The van der Waals surface area contributed by atoms with Crippen LogP contribution in [0.4, 0.5) is 5.69 Å². The van der Waals surface area contributed by atoms with Crippen LogP contribution in [0, 0.1) is 6.92 Å². The van der Waals surface area contributed by atoms with Crippen molar-refractivity contribution in [3.8, 4) is 0 Å². The summed E-state index contributed by atoms with van der Waals surface area (Å²) in [5.41, 5.74) is 3.31. The maximum Gasteiger partial charge on any atom is 0.230 e. The SMILES string of the molecule is Cc1nc2ccc(NC(=O)Cc3ccccn3)cc2[nH]1. The number of nitrogens with one attached hydrogen (secondary N) is 2. The van der Waals surface area contributed by atoms with Crippen LogP contribution in [0.1, 0.15) is 11.5 Å². The van der Waals surface area contributed by atoms with Crippen molar-refractivity contribution in [3.05, 3.63) is 54.1 Å². The van der Waals surface area contributed by atoms with Gasteiger partial charge in [0.1, 0.15) is 5.82 Å². The van der Waals surface area contributed by atoms with Crippen LogP contribution in [0.5, 0.6) is 0 Å². The number of aromatic amines is 1. The number of H-pyrrole nitrogens is 1. The van der Waals surface area contributed by atoms with Gasteiger partial charge in [0.05, 0.1) is 17.5 Å². The quantitative estimate of drug-likeness (QED) is 0.765. The third-order valence-corrected chi connectivity index (χ3v) is 2.95. The number of aromatic nitrogens is 3. The molecule has 3 aromatic rings. The average molecular weight is 266 g/mol. The third-order valence-electron chi connectivity index (χ3n) is 2.95. The highest BCUT2D eigenvalue weighted by Crippen LogP contribution is 2.17. The van der Waals surface area contributed by atoms with Crippen LogP contribution in [0.25, 0.3) is 11.0 Å². The van der Waals surface area contributed by atoms with Gasteiger partial charge in [-0.25, -0.2) is 4.98 Å². The molecule has 2 aromatic heterocycles. The molecule has 0 aliphatic carbocycles. The largest absolute Gasteiger partial charge is 0.342 e. The number of carbonyl (C=O) groups is 1. The van der Waals surface area contributed by atoms with Gasteiger partial charge in [-0.15, -0.1) is 0 Å². The maximum atomic E-state index is 11.9. The Hall–Kier alpha value is -2.69. The molecule has 0 unspecified atom stereocenters. The molecule has 0 bridgehead atoms. The summed E-state index contributed by atoms with van der Waals surface area (Å²) in [7, 11) is 0. The number of hydrogen-bond acceptors (Lipinski definition) is 3. The molecule has 0 spiro atoms. The normalized spacial score (nSPS) is 10.7. The van der Waals surface area contributed by atoms with E-state index in [0.717, 1.165) is 28.2 Å². The number of anilines is 1. The number of nitrogens with zero attached hydrogens (tertiary/aromatic N) is 2. The highest BCUT2D eigenvalue weighted by Gasteiger charge is 2.06. The summed E-state index contributed by atoms with van der Waals surface area (Å²) in [4.78, 5) is 23.6. The van der Waals surface area contributed by atoms with Crippen LogP contribution >= 0.6 is 0 Å². The van der Waals surface area contributed by atoms with E-state index in [9.17, 15) is 4.79 Å². The number of pyridine rings is 1. The van der Waals surface area contributed by atoms with Gasteiger partial charge in [0, 0.05) is 17.6 Å². The number of rotatable bonds is 3. The minimum Gasteiger partial charge on any atom is -0.342 e. The molecule has 0 saturated heterocycles. The first-order valence-corrected chi connectivity index (χ1v) is 6.37. The van der Waals surface area contributed by atoms with E-state index >= 15 is 0 Å². The van der Waals surface area contributed by atoms with E-state index in [1.54, 1.807) is 6.20 Å². The van der Waals surface area contributed by atoms with Gasteiger partial charge in [0.25, 0.3) is 0 Å². The van der Waals surface area contributed by atoms with Crippen molar-refractivity contribution < 1.29 is 4.79 Å². The predicted octanol–water partition coefficient (Wildman–Crippen LogP) is 2.45. The van der Waals surface area contributed by atoms with Gasteiger partial charge >= 0.3 is 0 Å². The number of hydrogen-bond donors (Lipinski definition) is 2. The Morgan fingerprint density at radius 2 is 2.20 bits per heavy atom. The molecule has 1 aromatic carbocycles. The van der Waals surface area contributed by atoms with Gasteiger partial charge < -0.3 is 10.3 Å². The second-order valence-electron chi connectivity index (χ2n) is 4.60. The molecule has 0 fully saturated rings. The van der Waals surface area contributed by atoms with Crippen molar-refractivity contribution in [3.63, 3.8) is 0 Å². The van der Waals surface area contributed by atoms with Crippen LogP contribution in [0.3, 0.4) is 0 Å². The Morgan fingerprint density at radius 1 is 1.30 bits per heavy atom. The Kier molecular flexibility index (Phi) is 3.16. The standard InChI is InChI=1S/C15H14N4O/c1-10-17-13-6-5-12(8-14(13)18-10)19-15(20)9-11-4-2-3-7-16-11/h2-8H,9H2,1H3,(H,17,18)(H,19,20). The fourth-order valence-corrected chi connectivity index (χ4v) is 2.09. The lowest BCUT2D eigenvalue weighted by atomic mass is 10.2. The van der Waals surface area contributed by atoms with Crippen molar-refractivity contribution in [1.29, 1.82) is 0 Å². The van der Waals surface area contributed by atoms with E-state index in [-0.39, 0.29) is 12.3 Å². The first kappa shape index (κ1) is 12.3. The van der Waals surface area contributed by atoms with Crippen molar-refractivity contribution >= 4 is 22.6 Å². The van der Waals surface area contributed by atoms with Crippen LogP contribution in [-0.2, 0) is 11.2 Å². The van der Waals surface area contributed by atoms with E-state index in [1.807, 2.05) is 43.3 Å². The molecule has 0 saturated carbocycles. The van der Waals surface area contributed by atoms with E-state index in [1.165, 1.54) is 0 Å². The van der Waals surface area contributed by atoms with Gasteiger partial charge in [0.2, 0.25) is 5.91 Å². The van der Waals surface area contributed by atoms with Crippen molar-refractivity contribution in [2.45, 2.75) is 13.3 Å². The Balaban J connectivity index is 1.74. The molecule has 1 amide bonds. The number of amides is 1. The fraction of sp³-hybridized carbons (Fsp3) is 0.133. The zero-order chi connectivity index (χ0) is 13.9. The molecule has 20 heavy (non-hydrogen) atoms. The highest BCUT2D eigenvalue weighted by atomic mass is 16.1. The topological polar surface area (TPSA) is 70.7 Å².